The van der Waals surface area contributed by atoms with Crippen molar-refractivity contribution in [1.29, 1.82) is 0 Å². The third kappa shape index (κ3) is 6.15. The van der Waals surface area contributed by atoms with Gasteiger partial charge in [0.25, 0.3) is 10.0 Å². The molecule has 7 nitrogen and oxygen atoms in total. The van der Waals surface area contributed by atoms with Crippen LogP contribution >= 0.6 is 22.9 Å². The number of carbonyl (C=O) groups excluding carboxylic acids is 1. The summed E-state index contributed by atoms with van der Waals surface area (Å²) in [5.41, 5.74) is 0. The van der Waals surface area contributed by atoms with E-state index in [0.717, 1.165) is 50.6 Å². The Morgan fingerprint density at radius 3 is 2.59 bits per heavy atom. The van der Waals surface area contributed by atoms with Gasteiger partial charge in [0.15, 0.2) is 0 Å². The maximum atomic E-state index is 12.7. The Balaban J connectivity index is 1.39. The second-order valence-electron chi connectivity index (χ2n) is 7.69. The normalized spacial score (nSPS) is 21.2. The largest absolute Gasteiger partial charge is 0.379 e. The second kappa shape index (κ2) is 10.5. The van der Waals surface area contributed by atoms with Crippen LogP contribution in [0.3, 0.4) is 0 Å². The first-order valence-corrected chi connectivity index (χ1v) is 12.8. The quantitative estimate of drug-likeness (QED) is 0.598. The molecule has 3 rings (SSSR count). The number of sulfonamides is 1. The van der Waals surface area contributed by atoms with Gasteiger partial charge in [-0.3, -0.25) is 9.69 Å². The predicted molar refractivity (Wildman–Crippen MR) is 115 cm³/mol. The van der Waals surface area contributed by atoms with Gasteiger partial charge in [0.2, 0.25) is 5.91 Å². The van der Waals surface area contributed by atoms with Crippen LogP contribution in [0, 0.1) is 11.8 Å². The molecule has 1 atom stereocenters. The van der Waals surface area contributed by atoms with Crippen LogP contribution in [-0.2, 0) is 19.6 Å². The number of morpholine rings is 1. The number of halogens is 1. The summed E-state index contributed by atoms with van der Waals surface area (Å²) in [5.74, 6) is 0.158. The molecule has 29 heavy (non-hydrogen) atoms. The molecule has 1 unspecified atom stereocenters. The third-order valence-corrected chi connectivity index (χ3v) is 9.41. The fourth-order valence-electron chi connectivity index (χ4n) is 3.89. The number of hydrogen-bond donors (Lipinski definition) is 1. The van der Waals surface area contributed by atoms with Gasteiger partial charge in [-0.2, -0.15) is 4.31 Å². The molecule has 2 aliphatic heterocycles. The lowest BCUT2D eigenvalue weighted by Crippen LogP contribution is -2.43. The van der Waals surface area contributed by atoms with Gasteiger partial charge in [-0.25, -0.2) is 8.42 Å². The van der Waals surface area contributed by atoms with E-state index in [1.165, 1.54) is 4.31 Å². The number of rotatable bonds is 8. The summed E-state index contributed by atoms with van der Waals surface area (Å²) in [5, 5.41) is 3.05. The van der Waals surface area contributed by atoms with Crippen molar-refractivity contribution >= 4 is 38.9 Å². The van der Waals surface area contributed by atoms with Crippen molar-refractivity contribution in [3.8, 4) is 0 Å². The van der Waals surface area contributed by atoms with E-state index in [-0.39, 0.29) is 22.0 Å². The van der Waals surface area contributed by atoms with Crippen molar-refractivity contribution in [2.75, 3.05) is 52.5 Å². The monoisotopic (exact) mass is 463 g/mol. The fraction of sp³-hybridized carbons (Fsp3) is 0.737. The minimum absolute atomic E-state index is 0.0679. The molecule has 2 saturated heterocycles. The number of nitrogens with zero attached hydrogens (tertiary/aromatic N) is 2. The lowest BCUT2D eigenvalue weighted by Gasteiger charge is -2.33. The number of hydrogen-bond acceptors (Lipinski definition) is 6. The first-order chi connectivity index (χ1) is 13.9. The van der Waals surface area contributed by atoms with E-state index in [1.807, 2.05) is 6.92 Å². The Bertz CT molecular complexity index is 772. The van der Waals surface area contributed by atoms with Gasteiger partial charge >= 0.3 is 0 Å². The summed E-state index contributed by atoms with van der Waals surface area (Å²) < 4.78 is 33.0. The van der Waals surface area contributed by atoms with Crippen molar-refractivity contribution < 1.29 is 17.9 Å². The first kappa shape index (κ1) is 23.0. The molecule has 10 heteroatoms. The number of carbonyl (C=O) groups is 1. The van der Waals surface area contributed by atoms with E-state index in [0.29, 0.717) is 36.8 Å². The van der Waals surface area contributed by atoms with Crippen molar-refractivity contribution in [1.82, 2.24) is 14.5 Å². The van der Waals surface area contributed by atoms with Gasteiger partial charge < -0.3 is 10.1 Å². The number of amides is 1. The molecule has 3 heterocycles. The lowest BCUT2D eigenvalue weighted by atomic mass is 9.85. The van der Waals surface area contributed by atoms with Crippen LogP contribution in [0.2, 0.25) is 4.34 Å². The van der Waals surface area contributed by atoms with Crippen molar-refractivity contribution in [2.45, 2.75) is 30.4 Å². The molecular weight excluding hydrogens is 434 g/mol. The van der Waals surface area contributed by atoms with Crippen LogP contribution in [0.5, 0.6) is 0 Å². The Labute approximate surface area is 182 Å². The number of nitrogens with one attached hydrogen (secondary N) is 1. The molecule has 0 spiro atoms. The molecule has 0 aromatic carbocycles. The summed E-state index contributed by atoms with van der Waals surface area (Å²) >= 11 is 6.97. The Kier molecular flexibility index (Phi) is 8.35. The smallest absolute Gasteiger partial charge is 0.252 e. The van der Waals surface area contributed by atoms with Gasteiger partial charge in [0, 0.05) is 38.6 Å². The zero-order chi connectivity index (χ0) is 20.9. The molecule has 2 aliphatic rings. The molecule has 1 aromatic rings. The average Bonchev–Trinajstić information content (AvgIpc) is 3.18. The highest BCUT2D eigenvalue weighted by Gasteiger charge is 2.34. The second-order valence-corrected chi connectivity index (χ2v) is 11.6. The number of thiophene rings is 1. The minimum Gasteiger partial charge on any atom is -0.379 e. The highest BCUT2D eigenvalue weighted by atomic mass is 35.5. The van der Waals surface area contributed by atoms with E-state index in [9.17, 15) is 13.2 Å². The van der Waals surface area contributed by atoms with E-state index in [2.05, 4.69) is 10.2 Å². The highest BCUT2D eigenvalue weighted by molar-refractivity contribution is 7.91. The molecule has 2 fully saturated rings. The average molecular weight is 464 g/mol. The van der Waals surface area contributed by atoms with E-state index < -0.39 is 10.0 Å². The van der Waals surface area contributed by atoms with Crippen molar-refractivity contribution in [3.63, 3.8) is 0 Å². The SMILES string of the molecule is CC(C(=O)NCCCN1CCOCC1)C1CCN(S(=O)(=O)c2ccc(Cl)s2)CC1. The molecule has 0 radical (unpaired) electrons. The molecule has 0 saturated carbocycles. The summed E-state index contributed by atoms with van der Waals surface area (Å²) in [6, 6.07) is 3.17. The van der Waals surface area contributed by atoms with Gasteiger partial charge in [-0.1, -0.05) is 18.5 Å². The molecule has 1 aromatic heterocycles. The summed E-state index contributed by atoms with van der Waals surface area (Å²) in [6.45, 7) is 7.98. The van der Waals surface area contributed by atoms with Gasteiger partial charge in [-0.15, -0.1) is 11.3 Å². The van der Waals surface area contributed by atoms with Crippen LogP contribution in [0.4, 0.5) is 0 Å². The zero-order valence-corrected chi connectivity index (χ0v) is 19.2. The first-order valence-electron chi connectivity index (χ1n) is 10.2. The third-order valence-electron chi connectivity index (χ3n) is 5.82. The highest BCUT2D eigenvalue weighted by Crippen LogP contribution is 2.32. The van der Waals surface area contributed by atoms with Crippen molar-refractivity contribution in [2.24, 2.45) is 11.8 Å². The minimum atomic E-state index is -3.49. The summed E-state index contributed by atoms with van der Waals surface area (Å²) in [6.07, 6.45) is 2.32. The van der Waals surface area contributed by atoms with Gasteiger partial charge in [0.05, 0.1) is 17.6 Å². The molecule has 1 N–H and O–H groups in total. The predicted octanol–water partition coefficient (Wildman–Crippen LogP) is 2.28. The maximum absolute atomic E-state index is 12.7. The van der Waals surface area contributed by atoms with Crippen LogP contribution in [0.25, 0.3) is 0 Å². The zero-order valence-electron chi connectivity index (χ0n) is 16.8. The van der Waals surface area contributed by atoms with Crippen LogP contribution < -0.4 is 5.32 Å². The van der Waals surface area contributed by atoms with E-state index >= 15 is 0 Å². The Hall–Kier alpha value is -0.710. The molecular formula is C19H30ClN3O4S2. The van der Waals surface area contributed by atoms with E-state index in [1.54, 1.807) is 12.1 Å². The topological polar surface area (TPSA) is 79.0 Å². The van der Waals surface area contributed by atoms with Gasteiger partial charge in [-0.05, 0) is 43.9 Å². The molecule has 0 bridgehead atoms. The van der Waals surface area contributed by atoms with Crippen LogP contribution in [0.15, 0.2) is 16.3 Å². The van der Waals surface area contributed by atoms with Crippen LogP contribution in [-0.4, -0.2) is 76.0 Å². The van der Waals surface area contributed by atoms with E-state index in [4.69, 9.17) is 16.3 Å². The Morgan fingerprint density at radius 2 is 1.97 bits per heavy atom. The standard InChI is InChI=1S/C19H30ClN3O4S2/c1-15(19(24)21-7-2-8-22-11-13-27-14-12-22)16-5-9-23(10-6-16)29(25,26)18-4-3-17(20)28-18/h3-4,15-16H,2,5-14H2,1H3,(H,21,24). The maximum Gasteiger partial charge on any atom is 0.252 e. The molecule has 164 valence electrons. The summed E-state index contributed by atoms with van der Waals surface area (Å²) in [4.78, 5) is 14.9. The van der Waals surface area contributed by atoms with Crippen molar-refractivity contribution in [3.05, 3.63) is 16.5 Å². The number of piperidine rings is 1. The molecule has 0 aliphatic carbocycles. The molecule has 1 amide bonds. The number of ether oxygens (including phenoxy) is 1. The fourth-order valence-corrected chi connectivity index (χ4v) is 7.00. The Morgan fingerprint density at radius 1 is 1.28 bits per heavy atom. The lowest BCUT2D eigenvalue weighted by molar-refractivity contribution is -0.126. The summed E-state index contributed by atoms with van der Waals surface area (Å²) in [7, 11) is -3.49. The van der Waals surface area contributed by atoms with Crippen LogP contribution in [0.1, 0.15) is 26.2 Å². The van der Waals surface area contributed by atoms with Gasteiger partial charge in [0.1, 0.15) is 4.21 Å².